The highest BCUT2D eigenvalue weighted by Crippen LogP contribution is 2.36. The van der Waals surface area contributed by atoms with E-state index in [4.69, 9.17) is 0 Å². The van der Waals surface area contributed by atoms with Crippen LogP contribution < -0.4 is 5.32 Å². The second-order valence-corrected chi connectivity index (χ2v) is 6.36. The van der Waals surface area contributed by atoms with Crippen molar-refractivity contribution < 1.29 is 18.0 Å². The highest BCUT2D eigenvalue weighted by atomic mass is 32.1. The lowest BCUT2D eigenvalue weighted by Gasteiger charge is -2.12. The summed E-state index contributed by atoms with van der Waals surface area (Å²) in [6.07, 6.45) is -1.67. The van der Waals surface area contributed by atoms with Crippen molar-refractivity contribution >= 4 is 28.0 Å². The summed E-state index contributed by atoms with van der Waals surface area (Å²) in [7, 11) is 0. The molecule has 136 valence electrons. The molecule has 4 rings (SSSR count). The Morgan fingerprint density at radius 2 is 1.93 bits per heavy atom. The van der Waals surface area contributed by atoms with Crippen LogP contribution >= 0.6 is 11.3 Å². The third kappa shape index (κ3) is 3.26. The molecule has 4 aromatic rings. The van der Waals surface area contributed by atoms with E-state index in [2.05, 4.69) is 20.4 Å². The highest BCUT2D eigenvalue weighted by Gasteiger charge is 2.33. The first-order valence-electron chi connectivity index (χ1n) is 7.66. The zero-order valence-electron chi connectivity index (χ0n) is 13.4. The van der Waals surface area contributed by atoms with Crippen molar-refractivity contribution in [3.8, 4) is 11.3 Å². The van der Waals surface area contributed by atoms with Crippen molar-refractivity contribution in [2.75, 3.05) is 5.32 Å². The number of rotatable bonds is 3. The van der Waals surface area contributed by atoms with Crippen molar-refractivity contribution in [1.29, 1.82) is 0 Å². The van der Waals surface area contributed by atoms with Crippen LogP contribution in [0.15, 0.2) is 54.2 Å². The molecule has 0 aliphatic rings. The molecule has 0 bridgehead atoms. The molecule has 0 aliphatic heterocycles. The second-order valence-electron chi connectivity index (χ2n) is 5.47. The van der Waals surface area contributed by atoms with Crippen molar-refractivity contribution in [3.63, 3.8) is 0 Å². The quantitative estimate of drug-likeness (QED) is 0.572. The molecule has 10 heteroatoms. The Bertz CT molecular complexity index is 1120. The van der Waals surface area contributed by atoms with E-state index >= 15 is 0 Å². The Labute approximate surface area is 154 Å². The molecule has 6 nitrogen and oxygen atoms in total. The first-order chi connectivity index (χ1) is 12.9. The van der Waals surface area contributed by atoms with Crippen molar-refractivity contribution in [1.82, 2.24) is 19.6 Å². The van der Waals surface area contributed by atoms with Gasteiger partial charge < -0.3 is 0 Å². The van der Waals surface area contributed by atoms with Crippen molar-refractivity contribution in [2.24, 2.45) is 0 Å². The molecular weight excluding hydrogens is 379 g/mol. The maximum absolute atomic E-state index is 13.3. The van der Waals surface area contributed by atoms with Gasteiger partial charge in [-0.15, -0.1) is 11.3 Å². The first-order valence-corrected chi connectivity index (χ1v) is 8.54. The number of benzene rings is 1. The van der Waals surface area contributed by atoms with Gasteiger partial charge in [-0.1, -0.05) is 18.2 Å². The van der Waals surface area contributed by atoms with E-state index in [0.29, 0.717) is 10.8 Å². The SMILES string of the molecule is O=C(Nc1nccs1)c1cnc2ccc(-c3ccccc3C(F)(F)F)nn12. The minimum absolute atomic E-state index is 0.0770. The van der Waals surface area contributed by atoms with E-state index in [0.717, 1.165) is 6.07 Å². The number of aromatic nitrogens is 4. The van der Waals surface area contributed by atoms with Crippen LogP contribution in [0.3, 0.4) is 0 Å². The number of nitrogens with zero attached hydrogens (tertiary/aromatic N) is 4. The van der Waals surface area contributed by atoms with Crippen LogP contribution in [0.25, 0.3) is 16.9 Å². The Hall–Kier alpha value is -3.27. The third-order valence-corrected chi connectivity index (χ3v) is 4.44. The Morgan fingerprint density at radius 3 is 2.67 bits per heavy atom. The summed E-state index contributed by atoms with van der Waals surface area (Å²) in [6, 6.07) is 8.09. The van der Waals surface area contributed by atoms with Gasteiger partial charge in [-0.25, -0.2) is 14.5 Å². The largest absolute Gasteiger partial charge is 0.417 e. The monoisotopic (exact) mass is 389 g/mol. The minimum Gasteiger partial charge on any atom is -0.296 e. The van der Waals surface area contributed by atoms with Crippen LogP contribution in [-0.2, 0) is 6.18 Å². The van der Waals surface area contributed by atoms with Gasteiger partial charge in [0, 0.05) is 17.1 Å². The number of hydrogen-bond acceptors (Lipinski definition) is 5. The van der Waals surface area contributed by atoms with Gasteiger partial charge in [-0.05, 0) is 18.2 Å². The summed E-state index contributed by atoms with van der Waals surface area (Å²) >= 11 is 1.24. The summed E-state index contributed by atoms with van der Waals surface area (Å²) in [5.41, 5.74) is -0.367. The van der Waals surface area contributed by atoms with Gasteiger partial charge in [0.15, 0.2) is 16.5 Å². The van der Waals surface area contributed by atoms with E-state index in [1.807, 2.05) is 0 Å². The van der Waals surface area contributed by atoms with E-state index < -0.39 is 17.6 Å². The first kappa shape index (κ1) is 17.2. The van der Waals surface area contributed by atoms with E-state index in [1.165, 1.54) is 52.4 Å². The zero-order chi connectivity index (χ0) is 19.0. The van der Waals surface area contributed by atoms with E-state index in [1.54, 1.807) is 11.6 Å². The smallest absolute Gasteiger partial charge is 0.296 e. The highest BCUT2D eigenvalue weighted by molar-refractivity contribution is 7.13. The molecule has 1 N–H and O–H groups in total. The fourth-order valence-electron chi connectivity index (χ4n) is 2.57. The molecule has 1 aromatic carbocycles. The second kappa shape index (κ2) is 6.47. The van der Waals surface area contributed by atoms with Crippen LogP contribution in [0, 0.1) is 0 Å². The summed E-state index contributed by atoms with van der Waals surface area (Å²) in [4.78, 5) is 20.5. The molecule has 1 amide bonds. The molecule has 0 aliphatic carbocycles. The molecule has 0 saturated heterocycles. The number of hydrogen-bond donors (Lipinski definition) is 1. The number of nitrogens with one attached hydrogen (secondary N) is 1. The fourth-order valence-corrected chi connectivity index (χ4v) is 3.10. The Balaban J connectivity index is 1.78. The van der Waals surface area contributed by atoms with Gasteiger partial charge in [0.25, 0.3) is 5.91 Å². The van der Waals surface area contributed by atoms with E-state index in [9.17, 15) is 18.0 Å². The molecule has 27 heavy (non-hydrogen) atoms. The number of halogens is 3. The summed E-state index contributed by atoms with van der Waals surface area (Å²) in [5.74, 6) is -0.508. The van der Waals surface area contributed by atoms with E-state index in [-0.39, 0.29) is 17.0 Å². The maximum atomic E-state index is 13.3. The number of anilines is 1. The molecule has 0 radical (unpaired) electrons. The molecule has 0 atom stereocenters. The molecular formula is C17H10F3N5OS. The van der Waals surface area contributed by atoms with Crippen molar-refractivity contribution in [2.45, 2.75) is 6.18 Å². The molecule has 3 aromatic heterocycles. The van der Waals surface area contributed by atoms with Gasteiger partial charge in [0.05, 0.1) is 17.5 Å². The maximum Gasteiger partial charge on any atom is 0.417 e. The normalized spacial score (nSPS) is 11.7. The average molecular weight is 389 g/mol. The predicted molar refractivity (Wildman–Crippen MR) is 93.5 cm³/mol. The predicted octanol–water partition coefficient (Wildman–Crippen LogP) is 4.12. The lowest BCUT2D eigenvalue weighted by molar-refractivity contribution is -0.137. The number of thiazole rings is 1. The number of amides is 1. The molecule has 0 unspecified atom stereocenters. The van der Waals surface area contributed by atoms with Crippen LogP contribution in [0.1, 0.15) is 16.1 Å². The van der Waals surface area contributed by atoms with Gasteiger partial charge in [-0.2, -0.15) is 18.3 Å². The lowest BCUT2D eigenvalue weighted by atomic mass is 10.0. The average Bonchev–Trinajstić information content (AvgIpc) is 3.29. The summed E-state index contributed by atoms with van der Waals surface area (Å²) in [6.45, 7) is 0. The Morgan fingerprint density at radius 1 is 1.11 bits per heavy atom. The zero-order valence-corrected chi connectivity index (χ0v) is 14.3. The third-order valence-electron chi connectivity index (χ3n) is 3.76. The lowest BCUT2D eigenvalue weighted by Crippen LogP contribution is -2.15. The van der Waals surface area contributed by atoms with Crippen LogP contribution in [-0.4, -0.2) is 25.5 Å². The molecule has 0 fully saturated rings. The van der Waals surface area contributed by atoms with Crippen LogP contribution in [0.5, 0.6) is 0 Å². The van der Waals surface area contributed by atoms with Gasteiger partial charge in [0.2, 0.25) is 0 Å². The summed E-state index contributed by atoms with van der Waals surface area (Å²) < 4.78 is 41.1. The van der Waals surface area contributed by atoms with Gasteiger partial charge in [0.1, 0.15) is 0 Å². The number of imidazole rings is 1. The van der Waals surface area contributed by atoms with Crippen molar-refractivity contribution in [3.05, 3.63) is 65.4 Å². The number of fused-ring (bicyclic) bond motifs is 1. The number of carbonyl (C=O) groups is 1. The number of alkyl halides is 3. The molecule has 3 heterocycles. The van der Waals surface area contributed by atoms with Gasteiger partial charge in [-0.3, -0.25) is 10.1 Å². The Kier molecular flexibility index (Phi) is 4.11. The summed E-state index contributed by atoms with van der Waals surface area (Å²) in [5, 5.41) is 8.90. The van der Waals surface area contributed by atoms with Crippen LogP contribution in [0.2, 0.25) is 0 Å². The van der Waals surface area contributed by atoms with Crippen LogP contribution in [0.4, 0.5) is 18.3 Å². The minimum atomic E-state index is -4.52. The fraction of sp³-hybridized carbons (Fsp3) is 0.0588. The molecule has 0 saturated carbocycles. The standard InChI is InChI=1S/C17H10F3N5OS/c18-17(19,20)11-4-2-1-3-10(11)12-5-6-14-22-9-13(25(14)24-12)15(26)23-16-21-7-8-27-16/h1-9H,(H,21,23,26). The molecule has 0 spiro atoms. The number of carbonyl (C=O) groups excluding carboxylic acids is 1. The topological polar surface area (TPSA) is 72.2 Å². The van der Waals surface area contributed by atoms with Gasteiger partial charge >= 0.3 is 6.18 Å².